The second kappa shape index (κ2) is 6.24. The first kappa shape index (κ1) is 14.7. The summed E-state index contributed by atoms with van der Waals surface area (Å²) in [5.74, 6) is 0.577. The van der Waals surface area contributed by atoms with Crippen LogP contribution in [0.25, 0.3) is 10.6 Å². The molecule has 0 saturated carbocycles. The Balaban J connectivity index is 1.74. The maximum Gasteiger partial charge on any atom is 0.125 e. The van der Waals surface area contributed by atoms with Crippen molar-refractivity contribution < 1.29 is 0 Å². The van der Waals surface area contributed by atoms with E-state index in [1.54, 1.807) is 11.3 Å². The van der Waals surface area contributed by atoms with Crippen molar-refractivity contribution in [3.8, 4) is 10.6 Å². The molecule has 1 fully saturated rings. The van der Waals surface area contributed by atoms with Gasteiger partial charge in [-0.3, -0.25) is 4.98 Å². The maximum atomic E-state index is 4.72. The summed E-state index contributed by atoms with van der Waals surface area (Å²) in [6.45, 7) is 8.96. The quantitative estimate of drug-likeness (QED) is 0.854. The monoisotopic (exact) mass is 301 g/mol. The fraction of sp³-hybridized carbons (Fsp3) is 0.529. The van der Waals surface area contributed by atoms with Gasteiger partial charge in [0, 0.05) is 47.0 Å². The van der Waals surface area contributed by atoms with Gasteiger partial charge in [-0.1, -0.05) is 0 Å². The minimum atomic E-state index is 0.577. The summed E-state index contributed by atoms with van der Waals surface area (Å²) in [5.41, 5.74) is 3.45. The summed E-state index contributed by atoms with van der Waals surface area (Å²) in [7, 11) is 0. The number of hydrogen-bond donors (Lipinski definition) is 0. The summed E-state index contributed by atoms with van der Waals surface area (Å²) < 4.78 is 0. The minimum Gasteiger partial charge on any atom is -0.300 e. The second-order valence-electron chi connectivity index (χ2n) is 6.19. The highest BCUT2D eigenvalue weighted by Crippen LogP contribution is 2.29. The molecule has 0 bridgehead atoms. The van der Waals surface area contributed by atoms with Crippen molar-refractivity contribution in [3.05, 3.63) is 35.1 Å². The van der Waals surface area contributed by atoms with E-state index in [2.05, 4.69) is 41.2 Å². The molecule has 0 amide bonds. The SMILES string of the molecule is Cc1csc(-c2ccc([C@H]3CCCN(C(C)C)C3)nc2)n1. The maximum absolute atomic E-state index is 4.72. The largest absolute Gasteiger partial charge is 0.300 e. The zero-order valence-corrected chi connectivity index (χ0v) is 13.9. The van der Waals surface area contributed by atoms with Crippen molar-refractivity contribution in [1.82, 2.24) is 14.9 Å². The van der Waals surface area contributed by atoms with Gasteiger partial charge < -0.3 is 4.90 Å². The number of thiazole rings is 1. The van der Waals surface area contributed by atoms with Crippen molar-refractivity contribution in [3.63, 3.8) is 0 Å². The van der Waals surface area contributed by atoms with Crippen LogP contribution in [0.15, 0.2) is 23.7 Å². The Morgan fingerprint density at radius 3 is 2.81 bits per heavy atom. The van der Waals surface area contributed by atoms with E-state index >= 15 is 0 Å². The highest BCUT2D eigenvalue weighted by molar-refractivity contribution is 7.13. The van der Waals surface area contributed by atoms with Gasteiger partial charge in [0.2, 0.25) is 0 Å². The Morgan fingerprint density at radius 1 is 1.33 bits per heavy atom. The third kappa shape index (κ3) is 3.33. The molecule has 0 radical (unpaired) electrons. The highest BCUT2D eigenvalue weighted by Gasteiger charge is 2.23. The molecular formula is C17H23N3S. The van der Waals surface area contributed by atoms with Gasteiger partial charge in [-0.15, -0.1) is 11.3 Å². The number of nitrogens with zero attached hydrogens (tertiary/aromatic N) is 3. The summed E-state index contributed by atoms with van der Waals surface area (Å²) in [5, 5.41) is 3.16. The molecule has 0 aromatic carbocycles. The van der Waals surface area contributed by atoms with Gasteiger partial charge in [0.25, 0.3) is 0 Å². The van der Waals surface area contributed by atoms with E-state index in [0.717, 1.165) is 22.8 Å². The Morgan fingerprint density at radius 2 is 2.19 bits per heavy atom. The molecule has 0 N–H and O–H groups in total. The molecule has 0 aliphatic carbocycles. The number of likely N-dealkylation sites (tertiary alicyclic amines) is 1. The first-order chi connectivity index (χ1) is 10.1. The van der Waals surface area contributed by atoms with Crippen LogP contribution in [0.3, 0.4) is 0 Å². The fourth-order valence-electron chi connectivity index (χ4n) is 2.98. The highest BCUT2D eigenvalue weighted by atomic mass is 32.1. The predicted octanol–water partition coefficient (Wildman–Crippen LogP) is 4.10. The molecule has 112 valence electrons. The lowest BCUT2D eigenvalue weighted by Crippen LogP contribution is -2.39. The van der Waals surface area contributed by atoms with Crippen LogP contribution in [-0.4, -0.2) is 34.0 Å². The van der Waals surface area contributed by atoms with E-state index in [1.807, 2.05) is 13.1 Å². The predicted molar refractivity (Wildman–Crippen MR) is 88.8 cm³/mol. The van der Waals surface area contributed by atoms with Gasteiger partial charge in [-0.05, 0) is 52.3 Å². The van der Waals surface area contributed by atoms with E-state index in [9.17, 15) is 0 Å². The number of piperidine rings is 1. The lowest BCUT2D eigenvalue weighted by molar-refractivity contribution is 0.166. The summed E-state index contributed by atoms with van der Waals surface area (Å²) >= 11 is 1.69. The Hall–Kier alpha value is -1.26. The van der Waals surface area contributed by atoms with Crippen molar-refractivity contribution in [2.75, 3.05) is 13.1 Å². The van der Waals surface area contributed by atoms with Crippen LogP contribution in [0, 0.1) is 6.92 Å². The molecule has 2 aromatic heterocycles. The van der Waals surface area contributed by atoms with Crippen LogP contribution >= 0.6 is 11.3 Å². The molecule has 3 heterocycles. The van der Waals surface area contributed by atoms with Gasteiger partial charge in [0.05, 0.1) is 0 Å². The van der Waals surface area contributed by atoms with Crippen LogP contribution in [0.2, 0.25) is 0 Å². The molecular weight excluding hydrogens is 278 g/mol. The average Bonchev–Trinajstić information content (AvgIpc) is 2.94. The standard InChI is InChI=1S/C17H23N3S/c1-12(2)20-8-4-5-15(10-20)16-7-6-14(9-18-16)17-19-13(3)11-21-17/h6-7,9,11-12,15H,4-5,8,10H2,1-3H3/t15-/m0/s1. The number of hydrogen-bond acceptors (Lipinski definition) is 4. The van der Waals surface area contributed by atoms with E-state index in [1.165, 1.54) is 25.1 Å². The normalized spacial score (nSPS) is 20.1. The van der Waals surface area contributed by atoms with Crippen LogP contribution in [0.4, 0.5) is 0 Å². The molecule has 1 atom stereocenters. The van der Waals surface area contributed by atoms with Gasteiger partial charge in [-0.25, -0.2) is 4.98 Å². The van der Waals surface area contributed by atoms with Crippen LogP contribution in [-0.2, 0) is 0 Å². The molecule has 0 spiro atoms. The molecule has 4 heteroatoms. The van der Waals surface area contributed by atoms with Gasteiger partial charge in [-0.2, -0.15) is 0 Å². The molecule has 3 rings (SSSR count). The topological polar surface area (TPSA) is 29.0 Å². The lowest BCUT2D eigenvalue weighted by atomic mass is 9.93. The van der Waals surface area contributed by atoms with E-state index in [-0.39, 0.29) is 0 Å². The van der Waals surface area contributed by atoms with Crippen LogP contribution < -0.4 is 0 Å². The third-order valence-corrected chi connectivity index (χ3v) is 5.26. The van der Waals surface area contributed by atoms with E-state index in [0.29, 0.717) is 12.0 Å². The van der Waals surface area contributed by atoms with Gasteiger partial charge >= 0.3 is 0 Å². The van der Waals surface area contributed by atoms with Crippen LogP contribution in [0.5, 0.6) is 0 Å². The zero-order valence-electron chi connectivity index (χ0n) is 13.0. The third-order valence-electron chi connectivity index (χ3n) is 4.25. The van der Waals surface area contributed by atoms with Gasteiger partial charge in [0.1, 0.15) is 5.01 Å². The minimum absolute atomic E-state index is 0.577. The Bertz CT molecular complexity index is 588. The summed E-state index contributed by atoms with van der Waals surface area (Å²) in [6.07, 6.45) is 4.52. The van der Waals surface area contributed by atoms with E-state index in [4.69, 9.17) is 4.98 Å². The molecule has 21 heavy (non-hydrogen) atoms. The molecule has 1 aliphatic heterocycles. The smallest absolute Gasteiger partial charge is 0.125 e. The van der Waals surface area contributed by atoms with Crippen molar-refractivity contribution in [1.29, 1.82) is 0 Å². The number of rotatable bonds is 3. The molecule has 0 unspecified atom stereocenters. The zero-order chi connectivity index (χ0) is 14.8. The van der Waals surface area contributed by atoms with Crippen molar-refractivity contribution >= 4 is 11.3 Å². The Kier molecular flexibility index (Phi) is 4.36. The Labute approximate surface area is 131 Å². The lowest BCUT2D eigenvalue weighted by Gasteiger charge is -2.35. The number of pyridine rings is 1. The molecule has 2 aromatic rings. The molecule has 3 nitrogen and oxygen atoms in total. The number of aryl methyl sites for hydroxylation is 1. The van der Waals surface area contributed by atoms with Crippen molar-refractivity contribution in [2.45, 2.75) is 45.6 Å². The molecule has 1 aliphatic rings. The van der Waals surface area contributed by atoms with Crippen LogP contribution in [0.1, 0.15) is 44.0 Å². The summed E-state index contributed by atoms with van der Waals surface area (Å²) in [6, 6.07) is 5.00. The van der Waals surface area contributed by atoms with Gasteiger partial charge in [0.15, 0.2) is 0 Å². The first-order valence-electron chi connectivity index (χ1n) is 7.76. The fourth-order valence-corrected chi connectivity index (χ4v) is 3.77. The van der Waals surface area contributed by atoms with Crippen molar-refractivity contribution in [2.24, 2.45) is 0 Å². The van der Waals surface area contributed by atoms with E-state index < -0.39 is 0 Å². The number of aromatic nitrogens is 2. The second-order valence-corrected chi connectivity index (χ2v) is 7.05. The first-order valence-corrected chi connectivity index (χ1v) is 8.64. The summed E-state index contributed by atoms with van der Waals surface area (Å²) in [4.78, 5) is 11.8. The average molecular weight is 301 g/mol. The molecule has 1 saturated heterocycles.